The minimum absolute atomic E-state index is 0. The molecule has 0 amide bonds. The number of aliphatic imine (C=N–C) groups is 1. The van der Waals surface area contributed by atoms with E-state index in [1.165, 1.54) is 6.07 Å². The van der Waals surface area contributed by atoms with Crippen molar-refractivity contribution in [2.45, 2.75) is 12.7 Å². The number of alkyl halides is 3. The molecule has 0 atom stereocenters. The Kier molecular flexibility index (Phi) is 8.47. The van der Waals surface area contributed by atoms with Gasteiger partial charge in [0.1, 0.15) is 0 Å². The third-order valence-corrected chi connectivity index (χ3v) is 4.18. The Bertz CT molecular complexity index is 1080. The van der Waals surface area contributed by atoms with Crippen molar-refractivity contribution in [3.05, 3.63) is 77.5 Å². The van der Waals surface area contributed by atoms with Crippen molar-refractivity contribution in [1.82, 2.24) is 15.6 Å². The number of rotatable bonds is 3. The van der Waals surface area contributed by atoms with Crippen LogP contribution in [0.3, 0.4) is 0 Å². The van der Waals surface area contributed by atoms with E-state index in [1.54, 1.807) is 19.3 Å². The van der Waals surface area contributed by atoms with E-state index in [2.05, 4.69) is 32.5 Å². The molecule has 0 aliphatic carbocycles. The first kappa shape index (κ1) is 23.5. The molecule has 2 N–H and O–H groups in total. The molecule has 2 aromatic carbocycles. The summed E-state index contributed by atoms with van der Waals surface area (Å²) < 4.78 is 38.2. The molecule has 0 bridgehead atoms. The maximum Gasteiger partial charge on any atom is 0.416 e. The molecule has 4 nitrogen and oxygen atoms in total. The van der Waals surface area contributed by atoms with Crippen LogP contribution in [0.5, 0.6) is 0 Å². The number of hydrogen-bond acceptors (Lipinski definition) is 2. The van der Waals surface area contributed by atoms with Crippen molar-refractivity contribution in [1.29, 1.82) is 0 Å². The normalized spacial score (nSPS) is 11.3. The van der Waals surface area contributed by atoms with Crippen LogP contribution < -0.4 is 10.6 Å². The lowest BCUT2D eigenvalue weighted by atomic mass is 10.1. The summed E-state index contributed by atoms with van der Waals surface area (Å²) in [6.07, 6.45) is -2.62. The lowest BCUT2D eigenvalue weighted by molar-refractivity contribution is -0.137. The number of hydrogen-bond donors (Lipinski definition) is 2. The Morgan fingerprint density at radius 1 is 1.07 bits per heavy atom. The second-order valence-corrected chi connectivity index (χ2v) is 6.15. The fourth-order valence-corrected chi connectivity index (χ4v) is 2.76. The fourth-order valence-electron chi connectivity index (χ4n) is 2.76. The van der Waals surface area contributed by atoms with Crippen LogP contribution >= 0.6 is 24.0 Å². The molecule has 3 aromatic rings. The van der Waals surface area contributed by atoms with Gasteiger partial charge in [0.2, 0.25) is 0 Å². The number of fused-ring (bicyclic) bond motifs is 1. The summed E-state index contributed by atoms with van der Waals surface area (Å²) in [5, 5.41) is 7.29. The summed E-state index contributed by atoms with van der Waals surface area (Å²) in [5.41, 5.74) is 1.60. The Morgan fingerprint density at radius 2 is 1.87 bits per heavy atom. The molecule has 1 heterocycles. The third kappa shape index (κ3) is 6.35. The molecule has 0 fully saturated rings. The van der Waals surface area contributed by atoms with E-state index in [-0.39, 0.29) is 30.5 Å². The summed E-state index contributed by atoms with van der Waals surface area (Å²) in [5.74, 6) is 6.09. The number of nitrogens with one attached hydrogen (secondary N) is 2. The molecule has 0 saturated heterocycles. The van der Waals surface area contributed by atoms with Gasteiger partial charge in [-0.3, -0.25) is 9.98 Å². The lowest BCUT2D eigenvalue weighted by Gasteiger charge is -2.11. The van der Waals surface area contributed by atoms with Gasteiger partial charge in [0, 0.05) is 30.7 Å². The maximum absolute atomic E-state index is 12.7. The number of halogens is 4. The zero-order valence-corrected chi connectivity index (χ0v) is 18.5. The van der Waals surface area contributed by atoms with Gasteiger partial charge in [-0.25, -0.2) is 0 Å². The first-order valence-corrected chi connectivity index (χ1v) is 8.90. The highest BCUT2D eigenvalue weighted by atomic mass is 127. The van der Waals surface area contributed by atoms with Gasteiger partial charge in [-0.1, -0.05) is 36.1 Å². The van der Waals surface area contributed by atoms with Crippen LogP contribution in [0.2, 0.25) is 0 Å². The Balaban J connectivity index is 0.00000320. The smallest absolute Gasteiger partial charge is 0.352 e. The SMILES string of the molecule is CN=C(NCC#Cc1cccc(C(F)(F)F)c1)NCc1ccnc2ccccc12.I. The van der Waals surface area contributed by atoms with Gasteiger partial charge in [0.25, 0.3) is 0 Å². The van der Waals surface area contributed by atoms with E-state index in [1.807, 2.05) is 30.3 Å². The molecule has 8 heteroatoms. The highest BCUT2D eigenvalue weighted by Gasteiger charge is 2.30. The molecule has 1 aromatic heterocycles. The largest absolute Gasteiger partial charge is 0.416 e. The molecule has 0 saturated carbocycles. The summed E-state index contributed by atoms with van der Waals surface area (Å²) in [6.45, 7) is 0.788. The monoisotopic (exact) mass is 524 g/mol. The third-order valence-electron chi connectivity index (χ3n) is 4.18. The van der Waals surface area contributed by atoms with Crippen LogP contribution in [0.1, 0.15) is 16.7 Å². The van der Waals surface area contributed by atoms with E-state index < -0.39 is 11.7 Å². The number of para-hydroxylation sites is 1. The highest BCUT2D eigenvalue weighted by molar-refractivity contribution is 14.0. The van der Waals surface area contributed by atoms with E-state index in [9.17, 15) is 13.2 Å². The zero-order valence-electron chi connectivity index (χ0n) is 16.1. The summed E-state index contributed by atoms with van der Waals surface area (Å²) in [7, 11) is 1.64. The molecular weight excluding hydrogens is 504 g/mol. The molecule has 0 aliphatic rings. The van der Waals surface area contributed by atoms with Crippen LogP contribution in [0.15, 0.2) is 65.8 Å². The predicted octanol–water partition coefficient (Wildman–Crippen LogP) is 4.59. The summed E-state index contributed by atoms with van der Waals surface area (Å²) in [4.78, 5) is 8.47. The van der Waals surface area contributed by atoms with Gasteiger partial charge in [0.05, 0.1) is 17.6 Å². The zero-order chi connectivity index (χ0) is 20.7. The van der Waals surface area contributed by atoms with Gasteiger partial charge in [-0.15, -0.1) is 24.0 Å². The molecule has 3 rings (SSSR count). The predicted molar refractivity (Wildman–Crippen MR) is 124 cm³/mol. The number of guanidine groups is 1. The van der Waals surface area contributed by atoms with Crippen molar-refractivity contribution in [2.24, 2.45) is 4.99 Å². The van der Waals surface area contributed by atoms with E-state index >= 15 is 0 Å². The molecule has 0 spiro atoms. The molecule has 0 aliphatic heterocycles. The maximum atomic E-state index is 12.7. The van der Waals surface area contributed by atoms with Crippen LogP contribution in [-0.4, -0.2) is 24.5 Å². The highest BCUT2D eigenvalue weighted by Crippen LogP contribution is 2.29. The van der Waals surface area contributed by atoms with E-state index in [4.69, 9.17) is 0 Å². The molecular formula is C22H20F3IN4. The first-order chi connectivity index (χ1) is 14.0. The first-order valence-electron chi connectivity index (χ1n) is 8.90. The number of nitrogens with zero attached hydrogens (tertiary/aromatic N) is 2. The minimum atomic E-state index is -4.38. The number of benzene rings is 2. The van der Waals surface area contributed by atoms with Gasteiger partial charge in [-0.2, -0.15) is 13.2 Å². The second kappa shape index (κ2) is 10.8. The van der Waals surface area contributed by atoms with Crippen LogP contribution in [0.4, 0.5) is 13.2 Å². The van der Waals surface area contributed by atoms with Crippen molar-refractivity contribution < 1.29 is 13.2 Å². The van der Waals surface area contributed by atoms with Crippen molar-refractivity contribution >= 4 is 40.8 Å². The second-order valence-electron chi connectivity index (χ2n) is 6.15. The quantitative estimate of drug-likeness (QED) is 0.228. The number of pyridine rings is 1. The van der Waals surface area contributed by atoms with Gasteiger partial charge < -0.3 is 10.6 Å². The molecule has 0 unspecified atom stereocenters. The number of aromatic nitrogens is 1. The lowest BCUT2D eigenvalue weighted by Crippen LogP contribution is -2.37. The molecule has 156 valence electrons. The van der Waals surface area contributed by atoms with Gasteiger partial charge in [0.15, 0.2) is 5.96 Å². The Hall–Kier alpha value is -2.80. The van der Waals surface area contributed by atoms with Crippen LogP contribution in [0, 0.1) is 11.8 Å². The van der Waals surface area contributed by atoms with E-state index in [0.717, 1.165) is 28.6 Å². The summed E-state index contributed by atoms with van der Waals surface area (Å²) in [6, 6.07) is 14.8. The summed E-state index contributed by atoms with van der Waals surface area (Å²) >= 11 is 0. The fraction of sp³-hybridized carbons (Fsp3) is 0.182. The van der Waals surface area contributed by atoms with Crippen molar-refractivity contribution in [2.75, 3.05) is 13.6 Å². The van der Waals surface area contributed by atoms with Gasteiger partial charge >= 0.3 is 6.18 Å². The van der Waals surface area contributed by atoms with Crippen LogP contribution in [0.25, 0.3) is 10.9 Å². The minimum Gasteiger partial charge on any atom is -0.352 e. The van der Waals surface area contributed by atoms with Crippen LogP contribution in [-0.2, 0) is 12.7 Å². The van der Waals surface area contributed by atoms with Gasteiger partial charge in [-0.05, 0) is 35.9 Å². The standard InChI is InChI=1S/C22H19F3N4.HI/c1-26-21(29-15-17-11-13-27-20-10-3-2-9-19(17)20)28-12-5-7-16-6-4-8-18(14-16)22(23,24)25;/h2-4,6,8-11,13-14H,12,15H2,1H3,(H2,26,28,29);1H. The molecule has 0 radical (unpaired) electrons. The average Bonchev–Trinajstić information content (AvgIpc) is 2.73. The Morgan fingerprint density at radius 3 is 2.63 bits per heavy atom. The van der Waals surface area contributed by atoms with Crippen molar-refractivity contribution in [3.63, 3.8) is 0 Å². The molecule has 30 heavy (non-hydrogen) atoms. The average molecular weight is 524 g/mol. The topological polar surface area (TPSA) is 49.3 Å². The van der Waals surface area contributed by atoms with Crippen molar-refractivity contribution in [3.8, 4) is 11.8 Å². The Labute approximate surface area is 190 Å². The van der Waals surface area contributed by atoms with E-state index in [0.29, 0.717) is 18.1 Å².